The molecule has 0 radical (unpaired) electrons. The van der Waals surface area contributed by atoms with Gasteiger partial charge in [-0.15, -0.1) is 0 Å². The Balaban J connectivity index is 1.40. The Morgan fingerprint density at radius 2 is 1.91 bits per heavy atom. The van der Waals surface area contributed by atoms with Crippen molar-refractivity contribution in [2.45, 2.75) is 90.1 Å². The third kappa shape index (κ3) is 5.44. The van der Waals surface area contributed by atoms with E-state index in [0.717, 1.165) is 25.1 Å². The molecule has 3 aliphatic carbocycles. The maximum atomic E-state index is 12.6. The van der Waals surface area contributed by atoms with Crippen LogP contribution in [0.5, 0.6) is 0 Å². The molecule has 4 nitrogen and oxygen atoms in total. The molecule has 6 heteroatoms. The summed E-state index contributed by atoms with van der Waals surface area (Å²) in [6.07, 6.45) is 10.6. The number of likely N-dealkylation sites (tertiary alicyclic amines) is 1. The first kappa shape index (κ1) is 25.0. The van der Waals surface area contributed by atoms with E-state index in [9.17, 15) is 19.0 Å². The minimum absolute atomic E-state index is 0.278. The number of aliphatic hydroxyl groups excluding tert-OH is 2. The maximum Gasteiger partial charge on any atom is 0.345 e. The number of halogens is 2. The van der Waals surface area contributed by atoms with Gasteiger partial charge in [0, 0.05) is 19.6 Å². The molecule has 1 unspecified atom stereocenters. The molecular formula is C27H41F2NO3. The van der Waals surface area contributed by atoms with Crippen LogP contribution in [0.1, 0.15) is 65.2 Å². The predicted octanol–water partition coefficient (Wildman–Crippen LogP) is 5.08. The Labute approximate surface area is 197 Å². The lowest BCUT2D eigenvalue weighted by atomic mass is 9.61. The van der Waals surface area contributed by atoms with Gasteiger partial charge in [-0.25, -0.2) is 0 Å². The first-order chi connectivity index (χ1) is 15.7. The molecule has 4 aliphatic rings. The van der Waals surface area contributed by atoms with Crippen molar-refractivity contribution in [3.05, 3.63) is 35.5 Å². The van der Waals surface area contributed by atoms with Crippen molar-refractivity contribution < 1.29 is 23.7 Å². The quantitative estimate of drug-likeness (QED) is 0.538. The topological polar surface area (TPSA) is 52.9 Å². The molecule has 186 valence electrons. The number of rotatable bonds is 6. The number of allylic oxidation sites excluding steroid dienone is 3. The molecule has 3 saturated carbocycles. The lowest BCUT2D eigenvalue weighted by molar-refractivity contribution is -0.158. The Bertz CT molecular complexity index is 765. The summed E-state index contributed by atoms with van der Waals surface area (Å²) >= 11 is 0. The molecule has 2 N–H and O–H groups in total. The van der Waals surface area contributed by atoms with E-state index >= 15 is 0 Å². The largest absolute Gasteiger partial charge is 0.388 e. The molecule has 1 heterocycles. The van der Waals surface area contributed by atoms with Gasteiger partial charge in [-0.05, 0) is 80.1 Å². The third-order valence-electron chi connectivity index (χ3n) is 9.10. The maximum absolute atomic E-state index is 12.6. The van der Waals surface area contributed by atoms with Crippen molar-refractivity contribution in [3.63, 3.8) is 0 Å². The highest BCUT2D eigenvalue weighted by Gasteiger charge is 2.50. The van der Waals surface area contributed by atoms with Gasteiger partial charge in [0.1, 0.15) is 0 Å². The van der Waals surface area contributed by atoms with E-state index in [-0.39, 0.29) is 11.5 Å². The standard InChI is InChI=1S/C27H41F2NO3/c1-17(15-30-12-10-21(16-30)33-26(28)29)22-8-9-23-20(5-4-11-27(22,23)3)7-6-19-13-24(31)18(2)25(32)14-19/h6-7,17,21-26,31-32H,2,4-5,8-16H2,1,3H3/b20-7+/t17?,21-,22+,23-,24+,25+,27+/m0/s1. The summed E-state index contributed by atoms with van der Waals surface area (Å²) in [5.41, 5.74) is 3.42. The summed E-state index contributed by atoms with van der Waals surface area (Å²) in [5.74, 6) is 1.74. The fourth-order valence-electron chi connectivity index (χ4n) is 7.39. The van der Waals surface area contributed by atoms with Gasteiger partial charge in [0.15, 0.2) is 0 Å². The summed E-state index contributed by atoms with van der Waals surface area (Å²) in [7, 11) is 0. The molecule has 0 aromatic carbocycles. The number of nitrogens with zero attached hydrogens (tertiary/aromatic N) is 1. The van der Waals surface area contributed by atoms with Crippen LogP contribution in [0.3, 0.4) is 0 Å². The summed E-state index contributed by atoms with van der Waals surface area (Å²) in [4.78, 5) is 2.31. The molecule has 0 aromatic heterocycles. The van der Waals surface area contributed by atoms with Gasteiger partial charge in [-0.1, -0.05) is 43.7 Å². The number of aliphatic hydroxyl groups is 2. The van der Waals surface area contributed by atoms with Gasteiger partial charge < -0.3 is 19.8 Å². The molecule has 33 heavy (non-hydrogen) atoms. The Morgan fingerprint density at radius 1 is 1.18 bits per heavy atom. The highest BCUT2D eigenvalue weighted by molar-refractivity contribution is 5.29. The van der Waals surface area contributed by atoms with Gasteiger partial charge >= 0.3 is 6.61 Å². The molecule has 4 fully saturated rings. The fraction of sp³-hybridized carbons (Fsp3) is 0.778. The van der Waals surface area contributed by atoms with Crippen LogP contribution in [0.15, 0.2) is 35.5 Å². The van der Waals surface area contributed by atoms with E-state index in [2.05, 4.69) is 37.5 Å². The van der Waals surface area contributed by atoms with Gasteiger partial charge in [0.25, 0.3) is 0 Å². The molecule has 0 aromatic rings. The Morgan fingerprint density at radius 3 is 2.61 bits per heavy atom. The predicted molar refractivity (Wildman–Crippen MR) is 126 cm³/mol. The third-order valence-corrected chi connectivity index (χ3v) is 9.10. The van der Waals surface area contributed by atoms with Crippen LogP contribution in [-0.4, -0.2) is 59.7 Å². The monoisotopic (exact) mass is 465 g/mol. The molecule has 0 amide bonds. The fourth-order valence-corrected chi connectivity index (χ4v) is 7.39. The zero-order valence-corrected chi connectivity index (χ0v) is 20.2. The summed E-state index contributed by atoms with van der Waals surface area (Å²) in [6.45, 7) is 8.36. The van der Waals surface area contributed by atoms with E-state index in [1.54, 1.807) is 0 Å². The number of hydrogen-bond donors (Lipinski definition) is 2. The summed E-state index contributed by atoms with van der Waals surface area (Å²) in [5, 5.41) is 20.3. The number of ether oxygens (including phenoxy) is 1. The first-order valence-electron chi connectivity index (χ1n) is 12.8. The zero-order chi connectivity index (χ0) is 23.8. The Kier molecular flexibility index (Phi) is 7.79. The van der Waals surface area contributed by atoms with Crippen LogP contribution in [-0.2, 0) is 4.74 Å². The molecule has 1 aliphatic heterocycles. The first-order valence-corrected chi connectivity index (χ1v) is 12.8. The second-order valence-corrected chi connectivity index (χ2v) is 11.2. The van der Waals surface area contributed by atoms with Crippen molar-refractivity contribution in [1.82, 2.24) is 4.90 Å². The van der Waals surface area contributed by atoms with Crippen molar-refractivity contribution in [3.8, 4) is 0 Å². The zero-order valence-electron chi connectivity index (χ0n) is 20.2. The minimum Gasteiger partial charge on any atom is -0.388 e. The van der Waals surface area contributed by atoms with Gasteiger partial charge in [-0.2, -0.15) is 8.78 Å². The number of hydrogen-bond acceptors (Lipinski definition) is 4. The lowest BCUT2D eigenvalue weighted by Gasteiger charge is -2.45. The van der Waals surface area contributed by atoms with Crippen LogP contribution < -0.4 is 0 Å². The van der Waals surface area contributed by atoms with Gasteiger partial charge in [0.2, 0.25) is 0 Å². The highest BCUT2D eigenvalue weighted by Crippen LogP contribution is 2.59. The van der Waals surface area contributed by atoms with Crippen LogP contribution >= 0.6 is 0 Å². The van der Waals surface area contributed by atoms with E-state index in [4.69, 9.17) is 4.74 Å². The SMILES string of the molecule is C=C1[C@H](O)CC(=C/C=C2\CCC[C@]3(C)[C@@H](C(C)CN4CC[C@H](OC(F)F)C4)CC[C@@H]23)C[C@H]1O. The average molecular weight is 466 g/mol. The molecular weight excluding hydrogens is 424 g/mol. The van der Waals surface area contributed by atoms with Crippen molar-refractivity contribution in [1.29, 1.82) is 0 Å². The lowest BCUT2D eigenvalue weighted by Crippen LogP contribution is -2.39. The molecule has 0 bridgehead atoms. The van der Waals surface area contributed by atoms with Crippen molar-refractivity contribution in [2.75, 3.05) is 19.6 Å². The van der Waals surface area contributed by atoms with E-state index in [0.29, 0.717) is 49.1 Å². The van der Waals surface area contributed by atoms with Gasteiger partial charge in [0.05, 0.1) is 18.3 Å². The smallest absolute Gasteiger partial charge is 0.345 e. The van der Waals surface area contributed by atoms with Gasteiger partial charge in [-0.3, -0.25) is 0 Å². The average Bonchev–Trinajstić information content (AvgIpc) is 3.33. The van der Waals surface area contributed by atoms with E-state index < -0.39 is 18.8 Å². The molecule has 1 saturated heterocycles. The summed E-state index contributed by atoms with van der Waals surface area (Å²) in [6, 6.07) is 0. The van der Waals surface area contributed by atoms with Crippen LogP contribution in [0.25, 0.3) is 0 Å². The molecule has 7 atom stereocenters. The van der Waals surface area contributed by atoms with Crippen LogP contribution in [0.2, 0.25) is 0 Å². The summed E-state index contributed by atoms with van der Waals surface area (Å²) < 4.78 is 29.8. The van der Waals surface area contributed by atoms with Crippen molar-refractivity contribution >= 4 is 0 Å². The normalized spacial score (nSPS) is 40.0. The second-order valence-electron chi connectivity index (χ2n) is 11.2. The van der Waals surface area contributed by atoms with E-state index in [1.165, 1.54) is 31.3 Å². The highest BCUT2D eigenvalue weighted by atomic mass is 19.3. The number of fused-ring (bicyclic) bond motifs is 1. The van der Waals surface area contributed by atoms with Crippen LogP contribution in [0.4, 0.5) is 8.78 Å². The van der Waals surface area contributed by atoms with Crippen LogP contribution in [0, 0.1) is 23.2 Å². The second kappa shape index (κ2) is 10.3. The molecule has 4 rings (SSSR count). The number of alkyl halides is 2. The van der Waals surface area contributed by atoms with Crippen molar-refractivity contribution in [2.24, 2.45) is 23.2 Å². The Hall–Kier alpha value is -1.08. The minimum atomic E-state index is -2.68. The molecule has 0 spiro atoms. The van der Waals surface area contributed by atoms with E-state index in [1.807, 2.05) is 0 Å².